The first-order valence-corrected chi connectivity index (χ1v) is 49.6. The van der Waals surface area contributed by atoms with Crippen LogP contribution in [0.25, 0.3) is 291 Å². The van der Waals surface area contributed by atoms with Gasteiger partial charge in [0.1, 0.15) is 0 Å². The van der Waals surface area contributed by atoms with Crippen LogP contribution in [0.3, 0.4) is 0 Å². The molecular weight excluding hydrogens is 1070 g/mol. The van der Waals surface area contributed by atoms with Crippen LogP contribution in [-0.4, -0.2) is 45.6 Å². The summed E-state index contributed by atoms with van der Waals surface area (Å²) >= 11 is -3.82. The van der Waals surface area contributed by atoms with Crippen LogP contribution in [-0.2, 0) is 8.49 Å². The van der Waals surface area contributed by atoms with Gasteiger partial charge >= 0.3 is 454 Å². The van der Waals surface area contributed by atoms with Gasteiger partial charge in [0.05, 0.1) is 0 Å². The minimum atomic E-state index is -3.82. The predicted octanol–water partition coefficient (Wildman–Crippen LogP) is 22.1. The first-order valence-electron chi connectivity index (χ1n) is 30.7. The summed E-state index contributed by atoms with van der Waals surface area (Å²) in [6.45, 7) is 35.8. The Labute approximate surface area is 450 Å². The van der Waals surface area contributed by atoms with Crippen LogP contribution in [0, 0.1) is 0 Å². The van der Waals surface area contributed by atoms with Gasteiger partial charge in [-0.05, 0) is 0 Å². The van der Waals surface area contributed by atoms with Gasteiger partial charge in [0.15, 0.2) is 0 Å². The van der Waals surface area contributed by atoms with Gasteiger partial charge in [0.2, 0.25) is 0 Å². The van der Waals surface area contributed by atoms with Crippen molar-refractivity contribution in [3.05, 3.63) is 22.3 Å². The molecule has 0 nitrogen and oxygen atoms in total. The fourth-order valence-electron chi connectivity index (χ4n) is 31.1. The second-order valence-electron chi connectivity index (χ2n) is 34.4. The van der Waals surface area contributed by atoms with Crippen LogP contribution >= 0.6 is 0 Å². The van der Waals surface area contributed by atoms with E-state index in [2.05, 4.69) is 78.6 Å². The fourth-order valence-corrected chi connectivity index (χ4v) is 123. The van der Waals surface area contributed by atoms with E-state index in [0.29, 0.717) is 0 Å². The monoisotopic (exact) mass is 1110 g/mol. The molecule has 0 unspecified atom stereocenters. The molecule has 0 radical (unpaired) electrons. The Morgan fingerprint density at radius 3 is 0.342 bits per heavy atom. The van der Waals surface area contributed by atoms with E-state index in [4.69, 9.17) is 0 Å². The molecule has 1 saturated heterocycles. The number of rotatable bonds is 6. The van der Waals surface area contributed by atoms with Gasteiger partial charge in [-0.15, -0.1) is 0 Å². The fraction of sp³-hybridized carbons (Fsp3) is 0.216. The van der Waals surface area contributed by atoms with E-state index in [-0.39, 0.29) is 8.49 Å². The second-order valence-corrected chi connectivity index (χ2v) is 70.9. The SMILES string of the molecule is C[Si](C)(C)[CH]([Si](C)(C)C)[Ge]1([CH]([Si](C)(C)C)[Si](C)(C)C)[C]23c4c5c6c7c8c9c(c%10c%11c2c2c4c4c%12c5c5c6c6c8c8c%13c9c9c%10c%10c%11c%11c2c2c4c4c%12c%12c5c5c6c8c6c8c%13c9c9c%10c%10c%11c2c2c4c4c%12c5c6c5c8c9c%10c2c45)[C]731. The second kappa shape index (κ2) is 7.75. The molecule has 1 heterocycles. The van der Waals surface area contributed by atoms with Gasteiger partial charge in [-0.1, -0.05) is 0 Å². The normalized spacial score (nSPS) is 20.4. The summed E-state index contributed by atoms with van der Waals surface area (Å²) < 4.78 is 1.94. The Hall–Kier alpha value is -6.13. The molecule has 28 aromatic carbocycles. The third-order valence-electron chi connectivity index (χ3n) is 28.9. The Bertz CT molecular complexity index is 6940. The van der Waals surface area contributed by atoms with Crippen molar-refractivity contribution in [1.29, 1.82) is 0 Å². The van der Waals surface area contributed by atoms with Crippen LogP contribution in [0.4, 0.5) is 0 Å². The zero-order valence-corrected chi connectivity index (χ0v) is 51.8. The molecule has 0 N–H and O–H groups in total. The molecule has 0 bridgehead atoms. The zero-order valence-electron chi connectivity index (χ0n) is 45.7. The Balaban J connectivity index is 1.13. The van der Waals surface area contributed by atoms with Crippen LogP contribution in [0.5, 0.6) is 0 Å². The van der Waals surface area contributed by atoms with Gasteiger partial charge < -0.3 is 0 Å². The topological polar surface area (TPSA) is 0 Å². The van der Waals surface area contributed by atoms with Crippen molar-refractivity contribution in [1.82, 2.24) is 0 Å². The maximum absolute atomic E-state index is 3.82. The molecular formula is C74H38GeSi4. The molecule has 0 amide bonds. The van der Waals surface area contributed by atoms with Gasteiger partial charge in [0, 0.05) is 0 Å². The molecule has 28 aromatic rings. The van der Waals surface area contributed by atoms with Crippen LogP contribution in [0.2, 0.25) is 86.6 Å². The average Bonchev–Trinajstić information content (AvgIpc) is 1.36. The van der Waals surface area contributed by atoms with Crippen molar-refractivity contribution in [2.75, 3.05) is 0 Å². The van der Waals surface area contributed by atoms with Crippen molar-refractivity contribution < 1.29 is 0 Å². The van der Waals surface area contributed by atoms with Gasteiger partial charge in [0.25, 0.3) is 0 Å². The molecule has 33 rings (SSSR count). The average molecular weight is 1110 g/mol. The maximum atomic E-state index is 2.99. The van der Waals surface area contributed by atoms with E-state index in [0.717, 1.165) is 7.99 Å². The first-order chi connectivity index (χ1) is 38.0. The van der Waals surface area contributed by atoms with Crippen molar-refractivity contribution in [3.8, 4) is 0 Å². The number of hydrogen-bond acceptors (Lipinski definition) is 0. The molecule has 0 saturated carbocycles. The number of hydrogen-bond donors (Lipinski definition) is 0. The molecule has 2 spiro atoms. The summed E-state index contributed by atoms with van der Waals surface area (Å²) in [7, 11) is -7.81. The van der Waals surface area contributed by atoms with E-state index in [1.165, 1.54) is 0 Å². The van der Waals surface area contributed by atoms with Gasteiger partial charge in [-0.25, -0.2) is 0 Å². The zero-order chi connectivity index (χ0) is 50.1. The van der Waals surface area contributed by atoms with Crippen molar-refractivity contribution in [2.45, 2.75) is 95.1 Å². The molecule has 5 aliphatic rings. The summed E-state index contributed by atoms with van der Waals surface area (Å²) in [6.07, 6.45) is 0. The summed E-state index contributed by atoms with van der Waals surface area (Å²) in [5.41, 5.74) is 8.13. The summed E-state index contributed by atoms with van der Waals surface area (Å²) in [4.78, 5) is 0. The molecule has 5 heteroatoms. The van der Waals surface area contributed by atoms with E-state index in [1.54, 1.807) is 248 Å². The van der Waals surface area contributed by atoms with E-state index in [1.807, 2.05) is 65.3 Å². The third-order valence-corrected chi connectivity index (χ3v) is 89.6. The predicted molar refractivity (Wildman–Crippen MR) is 361 cm³/mol. The molecule has 0 atom stereocenters. The number of benzene rings is 18. The Morgan fingerprint density at radius 1 is 0.165 bits per heavy atom. The summed E-state index contributed by atoms with van der Waals surface area (Å²) in [5.74, 6) is 0. The van der Waals surface area contributed by atoms with Crippen LogP contribution in [0.1, 0.15) is 22.3 Å². The minimum absolute atomic E-state index is 0.0643. The Kier molecular flexibility index (Phi) is 3.42. The quantitative estimate of drug-likeness (QED) is 0.115. The molecule has 79 heavy (non-hydrogen) atoms. The summed E-state index contributed by atoms with van der Waals surface area (Å²) in [6, 6.07) is 0. The van der Waals surface area contributed by atoms with Crippen LogP contribution in [0.15, 0.2) is 0 Å². The molecule has 4 aliphatic carbocycles. The molecule has 354 valence electrons. The van der Waals surface area contributed by atoms with E-state index in [9.17, 15) is 0 Å². The van der Waals surface area contributed by atoms with Crippen molar-refractivity contribution in [2.24, 2.45) is 0 Å². The van der Waals surface area contributed by atoms with Gasteiger partial charge in [-0.2, -0.15) is 0 Å². The van der Waals surface area contributed by atoms with E-state index < -0.39 is 45.6 Å². The Morgan fingerprint density at radius 2 is 0.253 bits per heavy atom. The molecule has 0 aromatic heterocycles. The first kappa shape index (κ1) is 34.9. The standard InChI is InChI=1S/C74H38GeSi4/c1-76(2,3)71(77(4,5)6)75(72(78(7,8)9)79(10,11)12)73-67-59-51-41-31-23-15-13-14-17-21-19(15)27-35-29(21)39-33-25(17)26-18(14)22-20-16(13)24(23)32-38-28(20)36-30(22)40-34(26)44-43(33)53-47(39)57-49(35)55(45(51)37(27)31)63(67)65(57)69-61(53)62-54(44)48(40)58-50(36)56-46(38)52(42(32)41)60(59)68(73)64(56)66(58)70(62)74(69,73)75/h71-72H,1-12H3. The third kappa shape index (κ3) is 2.00. The van der Waals surface area contributed by atoms with Gasteiger partial charge in [-0.3, -0.25) is 0 Å². The van der Waals surface area contributed by atoms with Crippen molar-refractivity contribution >= 4 is 336 Å². The molecule has 1 aliphatic heterocycles. The van der Waals surface area contributed by atoms with Crippen LogP contribution < -0.4 is 0 Å². The molecule has 1 fully saturated rings. The van der Waals surface area contributed by atoms with E-state index >= 15 is 0 Å². The summed E-state index contributed by atoms with van der Waals surface area (Å²) in [5, 5.41) is 94.8. The van der Waals surface area contributed by atoms with Crippen molar-refractivity contribution in [3.63, 3.8) is 0 Å².